The maximum absolute atomic E-state index is 4.22. The maximum atomic E-state index is 4.22. The van der Waals surface area contributed by atoms with Gasteiger partial charge in [0.05, 0.1) is 0 Å². The van der Waals surface area contributed by atoms with Crippen molar-refractivity contribution in [3.8, 4) is 0 Å². The van der Waals surface area contributed by atoms with Crippen molar-refractivity contribution in [3.05, 3.63) is 18.0 Å². The second-order valence-electron chi connectivity index (χ2n) is 6.22. The van der Waals surface area contributed by atoms with E-state index in [2.05, 4.69) is 28.4 Å². The Morgan fingerprint density at radius 2 is 2.00 bits per heavy atom. The molecule has 0 radical (unpaired) electrons. The van der Waals surface area contributed by atoms with Crippen molar-refractivity contribution in [2.24, 2.45) is 7.05 Å². The molecule has 0 spiro atoms. The van der Waals surface area contributed by atoms with Crippen LogP contribution in [-0.4, -0.2) is 46.4 Å². The SMILES string of the molecule is CN1C2CCCC1CC(NCCc1ccnn1C)C2. The first-order valence-corrected chi connectivity index (χ1v) is 7.66. The molecular weight excluding hydrogens is 236 g/mol. The van der Waals surface area contributed by atoms with Gasteiger partial charge in [0.15, 0.2) is 0 Å². The predicted molar refractivity (Wildman–Crippen MR) is 77.1 cm³/mol. The molecule has 2 atom stereocenters. The van der Waals surface area contributed by atoms with Gasteiger partial charge in [0.2, 0.25) is 0 Å². The molecule has 3 rings (SSSR count). The van der Waals surface area contributed by atoms with E-state index >= 15 is 0 Å². The summed E-state index contributed by atoms with van der Waals surface area (Å²) in [5.74, 6) is 0. The number of hydrogen-bond donors (Lipinski definition) is 1. The number of piperidine rings is 2. The minimum Gasteiger partial charge on any atom is -0.313 e. The Kier molecular flexibility index (Phi) is 3.89. The summed E-state index contributed by atoms with van der Waals surface area (Å²) in [5.41, 5.74) is 1.32. The Bertz CT molecular complexity index is 400. The molecule has 0 saturated carbocycles. The minimum absolute atomic E-state index is 0.722. The summed E-state index contributed by atoms with van der Waals surface area (Å²) < 4.78 is 1.98. The van der Waals surface area contributed by atoms with E-state index in [-0.39, 0.29) is 0 Å². The van der Waals surface area contributed by atoms with E-state index in [0.29, 0.717) is 0 Å². The van der Waals surface area contributed by atoms with Crippen LogP contribution < -0.4 is 5.32 Å². The Morgan fingerprint density at radius 3 is 2.63 bits per heavy atom. The van der Waals surface area contributed by atoms with Crippen molar-refractivity contribution in [2.75, 3.05) is 13.6 Å². The van der Waals surface area contributed by atoms with Gasteiger partial charge < -0.3 is 10.2 Å². The van der Waals surface area contributed by atoms with Gasteiger partial charge in [-0.2, -0.15) is 5.10 Å². The molecule has 0 aliphatic carbocycles. The fourth-order valence-corrected chi connectivity index (χ4v) is 3.83. The third kappa shape index (κ3) is 2.84. The third-order valence-corrected chi connectivity index (χ3v) is 5.08. The third-order valence-electron chi connectivity index (χ3n) is 5.08. The van der Waals surface area contributed by atoms with Gasteiger partial charge in [-0.15, -0.1) is 0 Å². The normalized spacial score (nSPS) is 31.6. The zero-order valence-electron chi connectivity index (χ0n) is 12.2. The average Bonchev–Trinajstić information content (AvgIpc) is 2.76. The van der Waals surface area contributed by atoms with E-state index < -0.39 is 0 Å². The second kappa shape index (κ2) is 5.63. The number of nitrogens with zero attached hydrogens (tertiary/aromatic N) is 3. The number of fused-ring (bicyclic) bond motifs is 2. The Morgan fingerprint density at radius 1 is 1.26 bits per heavy atom. The molecule has 0 amide bonds. The number of rotatable bonds is 4. The van der Waals surface area contributed by atoms with E-state index in [9.17, 15) is 0 Å². The Labute approximate surface area is 116 Å². The summed E-state index contributed by atoms with van der Waals surface area (Å²) >= 11 is 0. The highest BCUT2D eigenvalue weighted by Crippen LogP contribution is 2.32. The quantitative estimate of drug-likeness (QED) is 0.894. The molecule has 2 fully saturated rings. The van der Waals surface area contributed by atoms with E-state index in [4.69, 9.17) is 0 Å². The van der Waals surface area contributed by atoms with Crippen LogP contribution in [0, 0.1) is 0 Å². The van der Waals surface area contributed by atoms with Crippen LogP contribution in [0.15, 0.2) is 12.3 Å². The molecule has 1 aromatic heterocycles. The number of aromatic nitrogens is 2. The molecule has 1 N–H and O–H groups in total. The first kappa shape index (κ1) is 13.1. The topological polar surface area (TPSA) is 33.1 Å². The molecular formula is C15H26N4. The van der Waals surface area contributed by atoms with Crippen molar-refractivity contribution >= 4 is 0 Å². The summed E-state index contributed by atoms with van der Waals surface area (Å²) in [7, 11) is 4.34. The Balaban J connectivity index is 1.47. The zero-order valence-corrected chi connectivity index (χ0v) is 12.2. The van der Waals surface area contributed by atoms with Gasteiger partial charge >= 0.3 is 0 Å². The lowest BCUT2D eigenvalue weighted by Crippen LogP contribution is -2.54. The summed E-state index contributed by atoms with van der Waals surface area (Å²) in [6.45, 7) is 1.08. The van der Waals surface area contributed by atoms with Crippen molar-refractivity contribution in [3.63, 3.8) is 0 Å². The van der Waals surface area contributed by atoms with Crippen LogP contribution in [0.4, 0.5) is 0 Å². The van der Waals surface area contributed by atoms with Gasteiger partial charge in [-0.25, -0.2) is 0 Å². The second-order valence-corrected chi connectivity index (χ2v) is 6.22. The highest BCUT2D eigenvalue weighted by molar-refractivity contribution is 5.01. The predicted octanol–water partition coefficient (Wildman–Crippen LogP) is 1.57. The summed E-state index contributed by atoms with van der Waals surface area (Å²) in [5, 5.41) is 7.99. The van der Waals surface area contributed by atoms with E-state index in [1.807, 2.05) is 17.9 Å². The van der Waals surface area contributed by atoms with E-state index in [0.717, 1.165) is 31.1 Å². The van der Waals surface area contributed by atoms with Gasteiger partial charge in [0, 0.05) is 50.0 Å². The van der Waals surface area contributed by atoms with E-state index in [1.54, 1.807) is 0 Å². The standard InChI is InChI=1S/C15H26N4/c1-18-14-4-3-5-15(18)11-12(10-14)16-8-6-13-7-9-17-19(13)2/h7,9,12,14-16H,3-6,8,10-11H2,1-2H3. The fourth-order valence-electron chi connectivity index (χ4n) is 3.83. The van der Waals surface area contributed by atoms with Crippen molar-refractivity contribution in [2.45, 2.75) is 56.7 Å². The van der Waals surface area contributed by atoms with E-state index in [1.165, 1.54) is 37.8 Å². The van der Waals surface area contributed by atoms with Crippen molar-refractivity contribution in [1.29, 1.82) is 0 Å². The lowest BCUT2D eigenvalue weighted by atomic mass is 9.82. The lowest BCUT2D eigenvalue weighted by molar-refractivity contribution is 0.0488. The van der Waals surface area contributed by atoms with Crippen LogP contribution in [0.1, 0.15) is 37.8 Å². The maximum Gasteiger partial charge on any atom is 0.0492 e. The van der Waals surface area contributed by atoms with Crippen LogP contribution in [0.3, 0.4) is 0 Å². The van der Waals surface area contributed by atoms with Crippen molar-refractivity contribution < 1.29 is 0 Å². The molecule has 106 valence electrons. The molecule has 3 heterocycles. The molecule has 2 bridgehead atoms. The molecule has 1 aromatic rings. The van der Waals surface area contributed by atoms with Gasteiger partial charge in [-0.05, 0) is 38.8 Å². The number of nitrogens with one attached hydrogen (secondary N) is 1. The summed E-state index contributed by atoms with van der Waals surface area (Å²) in [6, 6.07) is 4.48. The van der Waals surface area contributed by atoms with Crippen LogP contribution >= 0.6 is 0 Å². The van der Waals surface area contributed by atoms with Crippen molar-refractivity contribution in [1.82, 2.24) is 20.0 Å². The molecule has 19 heavy (non-hydrogen) atoms. The molecule has 2 saturated heterocycles. The average molecular weight is 262 g/mol. The zero-order chi connectivity index (χ0) is 13.2. The van der Waals surface area contributed by atoms with Crippen LogP contribution in [-0.2, 0) is 13.5 Å². The highest BCUT2D eigenvalue weighted by Gasteiger charge is 2.35. The number of hydrogen-bond acceptors (Lipinski definition) is 3. The molecule has 2 aliphatic heterocycles. The summed E-state index contributed by atoms with van der Waals surface area (Å²) in [6.07, 6.45) is 9.85. The van der Waals surface area contributed by atoms with Gasteiger partial charge in [0.25, 0.3) is 0 Å². The molecule has 4 nitrogen and oxygen atoms in total. The lowest BCUT2D eigenvalue weighted by Gasteiger charge is -2.47. The highest BCUT2D eigenvalue weighted by atomic mass is 15.3. The molecule has 4 heteroatoms. The van der Waals surface area contributed by atoms with Gasteiger partial charge in [0.1, 0.15) is 0 Å². The van der Waals surface area contributed by atoms with Gasteiger partial charge in [-0.1, -0.05) is 6.42 Å². The monoisotopic (exact) mass is 262 g/mol. The molecule has 2 aliphatic rings. The Hall–Kier alpha value is -0.870. The largest absolute Gasteiger partial charge is 0.313 e. The first-order chi connectivity index (χ1) is 9.24. The number of aryl methyl sites for hydroxylation is 1. The first-order valence-electron chi connectivity index (χ1n) is 7.66. The molecule has 0 aromatic carbocycles. The van der Waals surface area contributed by atoms with Crippen LogP contribution in [0.5, 0.6) is 0 Å². The summed E-state index contributed by atoms with van der Waals surface area (Å²) in [4.78, 5) is 2.63. The molecule has 2 unspecified atom stereocenters. The van der Waals surface area contributed by atoms with Gasteiger partial charge in [-0.3, -0.25) is 4.68 Å². The smallest absolute Gasteiger partial charge is 0.0492 e. The van der Waals surface area contributed by atoms with Crippen LogP contribution in [0.2, 0.25) is 0 Å². The fraction of sp³-hybridized carbons (Fsp3) is 0.800. The van der Waals surface area contributed by atoms with Crippen LogP contribution in [0.25, 0.3) is 0 Å². The minimum atomic E-state index is 0.722.